The number of benzene rings is 1. The SMILES string of the molecule is CC1(C)CC(O)C2C(CCC3=CC(=O)C=CC32C)C1CC[C@@](C)(O)C(=O)COC(=O)CCCc1ccc(N(CCCl)CCCl)cc1. The zero-order chi connectivity index (χ0) is 33.7. The fourth-order valence-electron chi connectivity index (χ4n) is 8.32. The Kier molecular flexibility index (Phi) is 12.2. The number of aliphatic hydroxyl groups excluding tert-OH is 1. The number of carbonyl (C=O) groups is 3. The smallest absolute Gasteiger partial charge is 0.306 e. The maximum atomic E-state index is 13.0. The van der Waals surface area contributed by atoms with Crippen molar-refractivity contribution in [3.63, 3.8) is 0 Å². The van der Waals surface area contributed by atoms with E-state index in [1.165, 1.54) is 6.92 Å². The van der Waals surface area contributed by atoms with Gasteiger partial charge in [0.15, 0.2) is 12.4 Å². The summed E-state index contributed by atoms with van der Waals surface area (Å²) in [7, 11) is 0. The number of rotatable bonds is 15. The van der Waals surface area contributed by atoms with Gasteiger partial charge in [-0.15, -0.1) is 23.2 Å². The second-order valence-corrected chi connectivity index (χ2v) is 15.3. The molecule has 1 aromatic rings. The van der Waals surface area contributed by atoms with Crippen LogP contribution >= 0.6 is 23.2 Å². The number of alkyl halides is 2. The lowest BCUT2D eigenvalue weighted by Crippen LogP contribution is -2.55. The van der Waals surface area contributed by atoms with Crippen molar-refractivity contribution in [1.82, 2.24) is 0 Å². The number of carbonyl (C=O) groups excluding carboxylic acids is 3. The van der Waals surface area contributed by atoms with Gasteiger partial charge < -0.3 is 19.8 Å². The number of nitrogens with zero attached hydrogens (tertiary/aromatic N) is 1. The van der Waals surface area contributed by atoms with Gasteiger partial charge in [-0.2, -0.15) is 0 Å². The number of aliphatic hydroxyl groups is 2. The minimum Gasteiger partial charge on any atom is -0.458 e. The van der Waals surface area contributed by atoms with E-state index in [4.69, 9.17) is 27.9 Å². The highest BCUT2D eigenvalue weighted by Gasteiger charge is 2.56. The van der Waals surface area contributed by atoms with Crippen molar-refractivity contribution < 1.29 is 29.3 Å². The summed E-state index contributed by atoms with van der Waals surface area (Å²) < 4.78 is 5.29. The summed E-state index contributed by atoms with van der Waals surface area (Å²) in [6, 6.07) is 8.12. The van der Waals surface area contributed by atoms with Gasteiger partial charge in [-0.25, -0.2) is 0 Å². The highest BCUT2D eigenvalue weighted by molar-refractivity contribution is 6.18. The molecule has 0 aliphatic heterocycles. The normalized spacial score (nSPS) is 28.0. The highest BCUT2D eigenvalue weighted by atomic mass is 35.5. The summed E-state index contributed by atoms with van der Waals surface area (Å²) >= 11 is 11.8. The lowest BCUT2D eigenvalue weighted by atomic mass is 9.46. The first kappa shape index (κ1) is 36.6. The number of Topliss-reactive ketones (excluding diaryl/α,β-unsaturated/α-hetero) is 1. The van der Waals surface area contributed by atoms with Crippen LogP contribution in [-0.4, -0.2) is 70.9 Å². The van der Waals surface area contributed by atoms with Crippen LogP contribution in [0.5, 0.6) is 0 Å². The molecule has 1 aromatic carbocycles. The molecule has 2 saturated carbocycles. The van der Waals surface area contributed by atoms with E-state index in [1.54, 1.807) is 12.2 Å². The predicted octanol–water partition coefficient (Wildman–Crippen LogP) is 6.44. The summed E-state index contributed by atoms with van der Waals surface area (Å²) in [6.45, 7) is 8.94. The molecule has 2 fully saturated rings. The fourth-order valence-corrected chi connectivity index (χ4v) is 8.73. The minimum atomic E-state index is -1.63. The van der Waals surface area contributed by atoms with Crippen LogP contribution in [0, 0.1) is 28.6 Å². The number of ketones is 2. The van der Waals surface area contributed by atoms with E-state index >= 15 is 0 Å². The Morgan fingerprint density at radius 1 is 1.11 bits per heavy atom. The molecule has 9 heteroatoms. The average Bonchev–Trinajstić information content (AvgIpc) is 2.99. The summed E-state index contributed by atoms with van der Waals surface area (Å²) in [4.78, 5) is 39.7. The average molecular weight is 677 g/mol. The summed E-state index contributed by atoms with van der Waals surface area (Å²) in [5.41, 5.74) is 1.04. The zero-order valence-corrected chi connectivity index (χ0v) is 29.3. The Morgan fingerprint density at radius 2 is 1.78 bits per heavy atom. The van der Waals surface area contributed by atoms with Crippen LogP contribution in [0.1, 0.15) is 78.2 Å². The summed E-state index contributed by atoms with van der Waals surface area (Å²) in [5, 5.41) is 22.6. The molecule has 254 valence electrons. The lowest BCUT2D eigenvalue weighted by molar-refractivity contribution is -0.155. The Morgan fingerprint density at radius 3 is 2.43 bits per heavy atom. The number of fused-ring (bicyclic) bond motifs is 3. The van der Waals surface area contributed by atoms with Crippen LogP contribution in [0.15, 0.2) is 48.1 Å². The maximum absolute atomic E-state index is 13.0. The number of anilines is 1. The van der Waals surface area contributed by atoms with Gasteiger partial charge >= 0.3 is 5.97 Å². The number of halogens is 2. The Hall–Kier alpha value is -2.19. The van der Waals surface area contributed by atoms with E-state index in [0.29, 0.717) is 50.5 Å². The van der Waals surface area contributed by atoms with Crippen LogP contribution in [0.25, 0.3) is 0 Å². The second kappa shape index (κ2) is 15.4. The molecule has 46 heavy (non-hydrogen) atoms. The number of esters is 1. The molecule has 0 spiro atoms. The van der Waals surface area contributed by atoms with Crippen molar-refractivity contribution in [3.05, 3.63) is 53.6 Å². The van der Waals surface area contributed by atoms with Crippen molar-refractivity contribution in [3.8, 4) is 0 Å². The predicted molar refractivity (Wildman–Crippen MR) is 183 cm³/mol. The molecule has 0 saturated heterocycles. The third kappa shape index (κ3) is 8.44. The van der Waals surface area contributed by atoms with Crippen molar-refractivity contribution in [1.29, 1.82) is 0 Å². The van der Waals surface area contributed by atoms with Crippen LogP contribution in [0.4, 0.5) is 5.69 Å². The largest absolute Gasteiger partial charge is 0.458 e. The van der Waals surface area contributed by atoms with Gasteiger partial charge in [0, 0.05) is 48.3 Å². The summed E-state index contributed by atoms with van der Waals surface area (Å²) in [5.74, 6) is 0.404. The van der Waals surface area contributed by atoms with E-state index in [-0.39, 0.29) is 47.2 Å². The Labute approximate surface area is 284 Å². The summed E-state index contributed by atoms with van der Waals surface area (Å²) in [6.07, 6.45) is 9.42. The van der Waals surface area contributed by atoms with Crippen molar-refractivity contribution >= 4 is 46.4 Å². The molecule has 0 heterocycles. The van der Waals surface area contributed by atoms with E-state index < -0.39 is 30.1 Å². The number of allylic oxidation sites excluding steroid dienone is 4. The van der Waals surface area contributed by atoms with Gasteiger partial charge in [0.2, 0.25) is 5.78 Å². The molecule has 7 nitrogen and oxygen atoms in total. The fraction of sp³-hybridized carbons (Fsp3) is 0.649. The zero-order valence-electron chi connectivity index (χ0n) is 27.8. The van der Waals surface area contributed by atoms with Gasteiger partial charge in [0.25, 0.3) is 0 Å². The molecular weight excluding hydrogens is 625 g/mol. The van der Waals surface area contributed by atoms with Crippen molar-refractivity contribution in [2.45, 2.75) is 90.8 Å². The second-order valence-electron chi connectivity index (χ2n) is 14.6. The molecule has 5 unspecified atom stereocenters. The van der Waals surface area contributed by atoms with Crippen LogP contribution in [0.2, 0.25) is 0 Å². The van der Waals surface area contributed by atoms with Gasteiger partial charge in [-0.1, -0.05) is 44.6 Å². The highest BCUT2D eigenvalue weighted by Crippen LogP contribution is 2.61. The Bertz CT molecular complexity index is 1300. The van der Waals surface area contributed by atoms with Gasteiger partial charge in [0.1, 0.15) is 5.60 Å². The van der Waals surface area contributed by atoms with Gasteiger partial charge in [-0.05, 0) is 99.0 Å². The third-order valence-corrected chi connectivity index (χ3v) is 11.3. The minimum absolute atomic E-state index is 0.00230. The van der Waals surface area contributed by atoms with Crippen molar-refractivity contribution in [2.75, 3.05) is 36.4 Å². The maximum Gasteiger partial charge on any atom is 0.306 e. The molecule has 0 bridgehead atoms. The van der Waals surface area contributed by atoms with Crippen LogP contribution < -0.4 is 4.90 Å². The number of ether oxygens (including phenoxy) is 1. The standard InChI is InChI=1S/C37H51Cl2NO6/c1-35(2)23-31(42)34-29(13-10-26-22-28(41)14-16-36(26,34)3)30(35)15-17-37(4,45)32(43)24-46-33(44)7-5-6-25-8-11-27(12-9-25)40(20-18-38)21-19-39/h8-9,11-12,14,16,22,29-31,34,42,45H,5-7,10,13,15,17-21,23-24H2,1-4H3/t29?,30?,31?,34?,36?,37-/m1/s1. The van der Waals surface area contributed by atoms with Crippen LogP contribution in [0.3, 0.4) is 0 Å². The number of hydrogen-bond donors (Lipinski definition) is 2. The van der Waals surface area contributed by atoms with Gasteiger partial charge in [0.05, 0.1) is 6.10 Å². The molecule has 2 N–H and O–H groups in total. The quantitative estimate of drug-likeness (QED) is 0.163. The lowest BCUT2D eigenvalue weighted by Gasteiger charge is -2.59. The molecular formula is C37H51Cl2NO6. The van der Waals surface area contributed by atoms with E-state index in [9.17, 15) is 24.6 Å². The monoisotopic (exact) mass is 675 g/mol. The topological polar surface area (TPSA) is 104 Å². The first-order valence-corrected chi connectivity index (χ1v) is 17.8. The van der Waals surface area contributed by atoms with E-state index in [1.807, 2.05) is 30.3 Å². The third-order valence-electron chi connectivity index (χ3n) is 10.9. The first-order valence-electron chi connectivity index (χ1n) is 16.7. The number of aryl methyl sites for hydroxylation is 1. The van der Waals surface area contributed by atoms with Crippen molar-refractivity contribution in [2.24, 2.45) is 28.6 Å². The van der Waals surface area contributed by atoms with Gasteiger partial charge in [-0.3, -0.25) is 14.4 Å². The molecule has 0 aromatic heterocycles. The first-order chi connectivity index (χ1) is 21.7. The molecule has 3 aliphatic rings. The van der Waals surface area contributed by atoms with E-state index in [0.717, 1.165) is 29.7 Å². The molecule has 0 amide bonds. The molecule has 4 rings (SSSR count). The molecule has 0 radical (unpaired) electrons. The number of hydrogen-bond acceptors (Lipinski definition) is 7. The molecule has 6 atom stereocenters. The van der Waals surface area contributed by atoms with E-state index in [2.05, 4.69) is 25.7 Å². The van der Waals surface area contributed by atoms with Crippen LogP contribution in [-0.2, 0) is 25.5 Å². The Balaban J connectivity index is 1.26. The molecule has 3 aliphatic carbocycles.